The molecule has 8 N–H and O–H groups in total. The lowest BCUT2D eigenvalue weighted by atomic mass is 10.0. The number of thioether (sulfide) groups is 3. The first-order valence-corrected chi connectivity index (χ1v) is 12.6. The third-order valence-corrected chi connectivity index (χ3v) is 8.59. The minimum absolute atomic E-state index is 0. The molecule has 14 nitrogen and oxygen atoms in total. The van der Waals surface area contributed by atoms with E-state index < -0.39 is 29.2 Å². The van der Waals surface area contributed by atoms with Crippen molar-refractivity contribution >= 4 is 87.7 Å². The lowest BCUT2D eigenvalue weighted by molar-refractivity contribution is -0.150. The molecular formula is C15H17ClN8O6S4. The van der Waals surface area contributed by atoms with Gasteiger partial charge in [-0.1, -0.05) is 16.9 Å². The second-order valence-electron chi connectivity index (χ2n) is 6.17. The zero-order valence-corrected chi connectivity index (χ0v) is 20.8. The first kappa shape index (κ1) is 27.7. The molecule has 2 amide bonds. The fourth-order valence-corrected chi connectivity index (χ4v) is 7.06. The van der Waals surface area contributed by atoms with Crippen LogP contribution in [0.3, 0.4) is 0 Å². The SMILES string of the molecule is Cl.Nc1nc(/C(=N/O)C(=O)N[C@@H]2C(=O)N3C(C(=O)O)=C(SCSc4cn[nH]n4)CS[C@H]23)cs1.O. The largest absolute Gasteiger partial charge is 0.477 e. The Labute approximate surface area is 213 Å². The number of nitrogens with zero attached hydrogens (tertiary/aromatic N) is 5. The number of thiazole rings is 1. The first-order valence-electron chi connectivity index (χ1n) is 8.67. The summed E-state index contributed by atoms with van der Waals surface area (Å²) >= 11 is 5.08. The van der Waals surface area contributed by atoms with E-state index in [0.29, 0.717) is 20.8 Å². The highest BCUT2D eigenvalue weighted by molar-refractivity contribution is 8.18. The van der Waals surface area contributed by atoms with Crippen LogP contribution >= 0.6 is 59.0 Å². The minimum atomic E-state index is -1.22. The highest BCUT2D eigenvalue weighted by Gasteiger charge is 2.54. The Bertz CT molecular complexity index is 1130. The number of β-lactam (4-membered cyclic amide) rings is 1. The fraction of sp³-hybridized carbons (Fsp3) is 0.267. The number of hydrogen-bond donors (Lipinski definition) is 5. The van der Waals surface area contributed by atoms with E-state index >= 15 is 0 Å². The molecule has 2 atom stereocenters. The monoisotopic (exact) mass is 568 g/mol. The summed E-state index contributed by atoms with van der Waals surface area (Å²) < 4.78 is 0. The number of oxime groups is 1. The van der Waals surface area contributed by atoms with E-state index in [2.05, 4.69) is 30.9 Å². The van der Waals surface area contributed by atoms with Crippen LogP contribution in [0.4, 0.5) is 5.13 Å². The quantitative estimate of drug-likeness (QED) is 0.0695. The number of nitrogens with one attached hydrogen (secondary N) is 2. The number of halogens is 1. The molecule has 4 heterocycles. The molecule has 0 aliphatic carbocycles. The summed E-state index contributed by atoms with van der Waals surface area (Å²) in [5, 5.41) is 36.7. The second-order valence-corrected chi connectivity index (χ2v) is 10.6. The molecule has 0 aromatic carbocycles. The van der Waals surface area contributed by atoms with Crippen molar-refractivity contribution in [3.63, 3.8) is 0 Å². The maximum Gasteiger partial charge on any atom is 0.353 e. The second kappa shape index (κ2) is 11.8. The van der Waals surface area contributed by atoms with Gasteiger partial charge in [0.25, 0.3) is 11.8 Å². The third kappa shape index (κ3) is 5.41. The highest BCUT2D eigenvalue weighted by Crippen LogP contribution is 2.44. The summed E-state index contributed by atoms with van der Waals surface area (Å²) in [6.45, 7) is 0. The summed E-state index contributed by atoms with van der Waals surface area (Å²) in [4.78, 5) is 42.8. The van der Waals surface area contributed by atoms with Gasteiger partial charge in [0.15, 0.2) is 10.8 Å². The van der Waals surface area contributed by atoms with Gasteiger partial charge >= 0.3 is 5.97 Å². The number of H-pyrrole nitrogens is 1. The van der Waals surface area contributed by atoms with Gasteiger partial charge in [-0.2, -0.15) is 10.3 Å². The third-order valence-electron chi connectivity index (χ3n) is 4.34. The van der Waals surface area contributed by atoms with Crippen molar-refractivity contribution < 1.29 is 30.2 Å². The Balaban J connectivity index is 0.00000204. The molecule has 2 aromatic rings. The van der Waals surface area contributed by atoms with Gasteiger partial charge in [-0.15, -0.1) is 52.4 Å². The van der Waals surface area contributed by atoms with Crippen molar-refractivity contribution in [2.45, 2.75) is 16.4 Å². The summed E-state index contributed by atoms with van der Waals surface area (Å²) in [6.07, 6.45) is 1.56. The van der Waals surface area contributed by atoms with Gasteiger partial charge in [0.2, 0.25) is 0 Å². The van der Waals surface area contributed by atoms with Crippen LogP contribution in [0.15, 0.2) is 32.4 Å². The lowest BCUT2D eigenvalue weighted by Crippen LogP contribution is -2.71. The van der Waals surface area contributed by atoms with Crippen molar-refractivity contribution in [3.05, 3.63) is 27.9 Å². The van der Waals surface area contributed by atoms with E-state index in [0.717, 1.165) is 11.3 Å². The average Bonchev–Trinajstić information content (AvgIpc) is 3.44. The number of carbonyl (C=O) groups is 3. The molecule has 1 fully saturated rings. The van der Waals surface area contributed by atoms with E-state index in [-0.39, 0.29) is 40.1 Å². The molecule has 184 valence electrons. The Morgan fingerprint density at radius 3 is 2.76 bits per heavy atom. The Kier molecular flexibility index (Phi) is 9.59. The first-order chi connectivity index (χ1) is 15.4. The molecule has 34 heavy (non-hydrogen) atoms. The maximum absolute atomic E-state index is 12.7. The van der Waals surface area contributed by atoms with E-state index in [1.807, 2.05) is 0 Å². The van der Waals surface area contributed by atoms with Gasteiger partial charge in [-0.25, -0.2) is 9.78 Å². The van der Waals surface area contributed by atoms with Gasteiger partial charge in [0.1, 0.15) is 27.8 Å². The summed E-state index contributed by atoms with van der Waals surface area (Å²) in [6, 6.07) is -0.967. The molecule has 0 unspecified atom stereocenters. The minimum Gasteiger partial charge on any atom is -0.477 e. The van der Waals surface area contributed by atoms with Crippen LogP contribution in [0.5, 0.6) is 0 Å². The number of nitrogens with two attached hydrogens (primary N) is 1. The number of carboxylic acids is 1. The fourth-order valence-electron chi connectivity index (χ4n) is 2.94. The molecule has 2 aromatic heterocycles. The number of aromatic nitrogens is 4. The number of rotatable bonds is 8. The Hall–Kier alpha value is -2.51. The molecule has 0 spiro atoms. The zero-order chi connectivity index (χ0) is 22.8. The topological polar surface area (TPSA) is 231 Å². The highest BCUT2D eigenvalue weighted by atomic mass is 35.5. The van der Waals surface area contributed by atoms with Crippen molar-refractivity contribution in [3.8, 4) is 0 Å². The summed E-state index contributed by atoms with van der Waals surface area (Å²) in [5.41, 5.74) is 5.12. The van der Waals surface area contributed by atoms with Crippen LogP contribution in [0, 0.1) is 0 Å². The smallest absolute Gasteiger partial charge is 0.353 e. The van der Waals surface area contributed by atoms with Gasteiger partial charge in [-0.3, -0.25) is 14.5 Å². The van der Waals surface area contributed by atoms with E-state index in [4.69, 9.17) is 5.73 Å². The summed E-state index contributed by atoms with van der Waals surface area (Å²) in [5.74, 6) is -2.25. The number of fused-ring (bicyclic) bond motifs is 1. The van der Waals surface area contributed by atoms with Crippen LogP contribution in [0.25, 0.3) is 0 Å². The van der Waals surface area contributed by atoms with Crippen molar-refractivity contribution in [1.29, 1.82) is 0 Å². The van der Waals surface area contributed by atoms with Gasteiger partial charge in [0, 0.05) is 16.0 Å². The lowest BCUT2D eigenvalue weighted by Gasteiger charge is -2.49. The van der Waals surface area contributed by atoms with Crippen LogP contribution in [-0.4, -0.2) is 86.8 Å². The van der Waals surface area contributed by atoms with Gasteiger partial charge < -0.3 is 26.8 Å². The van der Waals surface area contributed by atoms with Gasteiger partial charge in [-0.05, 0) is 0 Å². The normalized spacial score (nSPS) is 19.5. The molecule has 2 aliphatic rings. The molecule has 0 radical (unpaired) electrons. The number of hydrogen-bond acceptors (Lipinski definition) is 13. The summed E-state index contributed by atoms with van der Waals surface area (Å²) in [7, 11) is 0. The van der Waals surface area contributed by atoms with Crippen LogP contribution < -0.4 is 11.1 Å². The molecule has 0 saturated carbocycles. The molecule has 1 saturated heterocycles. The molecule has 0 bridgehead atoms. The molecule has 19 heteroatoms. The Morgan fingerprint density at radius 2 is 2.18 bits per heavy atom. The number of nitrogen functional groups attached to an aromatic ring is 1. The van der Waals surface area contributed by atoms with E-state index in [1.54, 1.807) is 6.20 Å². The number of anilines is 1. The molecule has 2 aliphatic heterocycles. The van der Waals surface area contributed by atoms with E-state index in [9.17, 15) is 24.7 Å². The van der Waals surface area contributed by atoms with Crippen LogP contribution in [-0.2, 0) is 14.4 Å². The zero-order valence-electron chi connectivity index (χ0n) is 16.7. The number of aromatic amines is 1. The Morgan fingerprint density at radius 1 is 1.41 bits per heavy atom. The van der Waals surface area contributed by atoms with Crippen LogP contribution in [0.2, 0.25) is 0 Å². The maximum atomic E-state index is 12.7. The molecule has 4 rings (SSSR count). The number of amides is 2. The number of aliphatic carboxylic acids is 1. The average molecular weight is 569 g/mol. The predicted octanol–water partition coefficient (Wildman–Crippen LogP) is -0.202. The van der Waals surface area contributed by atoms with Crippen molar-refractivity contribution in [1.82, 2.24) is 30.6 Å². The van der Waals surface area contributed by atoms with E-state index in [1.165, 1.54) is 45.6 Å². The number of carboxylic acid groups (broad SMARTS) is 1. The van der Waals surface area contributed by atoms with Crippen LogP contribution in [0.1, 0.15) is 5.69 Å². The molecular weight excluding hydrogens is 552 g/mol. The standard InChI is InChI=1S/C15H14N8O5S4.ClH.H2O/c16-15-18-5(2-30-15)8(21-28)11(24)19-9-12(25)23-10(14(26)27)6(3-29-13(9)23)31-4-32-7-1-17-22-20-7;;/h1-2,9,13,28H,3-4H2,(H2,16,18)(H,19,24)(H,26,27)(H,17,20,22);1H;1H2/b21-8-;;/t9-,13-;;/m1../s1. The predicted molar refractivity (Wildman–Crippen MR) is 130 cm³/mol. The van der Waals surface area contributed by atoms with Gasteiger partial charge in [0.05, 0.1) is 11.3 Å². The van der Waals surface area contributed by atoms with Crippen molar-refractivity contribution in [2.75, 3.05) is 16.6 Å². The van der Waals surface area contributed by atoms with Crippen molar-refractivity contribution in [2.24, 2.45) is 5.16 Å². The number of carbonyl (C=O) groups excluding carboxylic acids is 2.